The van der Waals surface area contributed by atoms with Gasteiger partial charge in [0.05, 0.1) is 11.1 Å². The maximum atomic E-state index is 6.05. The van der Waals surface area contributed by atoms with Crippen LogP contribution in [0.5, 0.6) is 0 Å². The van der Waals surface area contributed by atoms with E-state index in [1.54, 1.807) is 0 Å². The molecule has 0 amide bonds. The smallest absolute Gasteiger partial charge is 0.117 e. The maximum absolute atomic E-state index is 6.05. The van der Waals surface area contributed by atoms with Crippen molar-refractivity contribution in [3.8, 4) is 0 Å². The molecule has 1 nitrogen and oxygen atoms in total. The molecule has 2 heteroatoms. The number of allylic oxidation sites excluding steroid dienone is 1. The van der Waals surface area contributed by atoms with Crippen molar-refractivity contribution in [3.63, 3.8) is 0 Å². The van der Waals surface area contributed by atoms with Gasteiger partial charge in [0.2, 0.25) is 0 Å². The monoisotopic (exact) mass is 192 g/mol. The molecule has 0 spiro atoms. The molecule has 2 radical (unpaired) electrons. The van der Waals surface area contributed by atoms with E-state index in [-0.39, 0.29) is 11.1 Å². The lowest BCUT2D eigenvalue weighted by molar-refractivity contribution is 0.298. The summed E-state index contributed by atoms with van der Waals surface area (Å²) in [7, 11) is 6.05. The van der Waals surface area contributed by atoms with Crippen LogP contribution in [0.25, 0.3) is 0 Å². The highest BCUT2D eigenvalue weighted by atomic mass is 16.6. The molecule has 2 fully saturated rings. The zero-order valence-electron chi connectivity index (χ0n) is 9.89. The number of hydrogen-bond acceptors (Lipinski definition) is 1. The zero-order chi connectivity index (χ0) is 11.0. The minimum absolute atomic E-state index is 0.0149. The summed E-state index contributed by atoms with van der Waals surface area (Å²) in [4.78, 5) is 0. The van der Waals surface area contributed by atoms with Crippen LogP contribution in [0.4, 0.5) is 0 Å². The number of fused-ring (bicyclic) bond motifs is 1. The molecule has 0 aromatic heterocycles. The molecule has 14 heavy (non-hydrogen) atoms. The molecule has 1 saturated heterocycles. The first-order valence-corrected chi connectivity index (χ1v) is 5.61. The normalized spacial score (nSPS) is 44.4. The lowest BCUT2D eigenvalue weighted by atomic mass is 9.64. The Morgan fingerprint density at radius 2 is 2.07 bits per heavy atom. The van der Waals surface area contributed by atoms with E-state index in [9.17, 15) is 0 Å². The van der Waals surface area contributed by atoms with Crippen molar-refractivity contribution in [2.45, 2.75) is 58.1 Å². The van der Waals surface area contributed by atoms with E-state index in [2.05, 4.69) is 20.4 Å². The molecule has 78 valence electrons. The first-order valence-electron chi connectivity index (χ1n) is 5.61. The summed E-state index contributed by atoms with van der Waals surface area (Å²) in [5, 5.41) is 0. The molecule has 3 unspecified atom stereocenters. The van der Waals surface area contributed by atoms with Crippen molar-refractivity contribution in [2.75, 3.05) is 0 Å². The Hall–Kier alpha value is -0.235. The van der Waals surface area contributed by atoms with Crippen LogP contribution in [0, 0.1) is 5.92 Å². The Balaban J connectivity index is 0.000000461. The second kappa shape index (κ2) is 3.73. The Morgan fingerprint density at radius 3 is 2.50 bits per heavy atom. The average Bonchev–Trinajstić information content (AvgIpc) is 2.70. The second-order valence-corrected chi connectivity index (χ2v) is 4.51. The highest BCUT2D eigenvalue weighted by Crippen LogP contribution is 2.57. The van der Waals surface area contributed by atoms with Gasteiger partial charge in [0.15, 0.2) is 0 Å². The van der Waals surface area contributed by atoms with Crippen molar-refractivity contribution < 1.29 is 4.74 Å². The van der Waals surface area contributed by atoms with Crippen LogP contribution in [0.15, 0.2) is 12.2 Å². The van der Waals surface area contributed by atoms with Crippen molar-refractivity contribution >= 4 is 7.85 Å². The van der Waals surface area contributed by atoms with E-state index in [0.29, 0.717) is 5.92 Å². The van der Waals surface area contributed by atoms with Gasteiger partial charge in [-0.1, -0.05) is 26.0 Å². The molecule has 1 aliphatic carbocycles. The van der Waals surface area contributed by atoms with Gasteiger partial charge < -0.3 is 4.74 Å². The van der Waals surface area contributed by atoms with Gasteiger partial charge in [0, 0.05) is 0 Å². The first-order chi connectivity index (χ1) is 6.47. The Kier molecular flexibility index (Phi) is 3.15. The summed E-state index contributed by atoms with van der Waals surface area (Å²) in [5.74, 6) is 0.575. The van der Waals surface area contributed by atoms with Crippen LogP contribution >= 0.6 is 0 Å². The van der Waals surface area contributed by atoms with E-state index < -0.39 is 0 Å². The lowest BCUT2D eigenvalue weighted by Crippen LogP contribution is -2.32. The van der Waals surface area contributed by atoms with E-state index >= 15 is 0 Å². The maximum Gasteiger partial charge on any atom is 0.117 e. The molecular weight excluding hydrogens is 171 g/mol. The molecule has 0 bridgehead atoms. The molecule has 2 aliphatic rings. The van der Waals surface area contributed by atoms with Crippen molar-refractivity contribution in [3.05, 3.63) is 12.2 Å². The molecule has 1 saturated carbocycles. The quantitative estimate of drug-likeness (QED) is 0.353. The van der Waals surface area contributed by atoms with Gasteiger partial charge in [-0.2, -0.15) is 0 Å². The molecule has 1 aliphatic heterocycles. The van der Waals surface area contributed by atoms with Gasteiger partial charge in [0.25, 0.3) is 0 Å². The van der Waals surface area contributed by atoms with Crippen LogP contribution < -0.4 is 0 Å². The highest BCUT2D eigenvalue weighted by molar-refractivity contribution is 6.17. The highest BCUT2D eigenvalue weighted by Gasteiger charge is 2.64. The summed E-state index contributed by atoms with van der Waals surface area (Å²) < 4.78 is 5.57. The molecule has 1 heterocycles. The van der Waals surface area contributed by atoms with E-state index in [4.69, 9.17) is 12.6 Å². The van der Waals surface area contributed by atoms with Crippen LogP contribution in [0.3, 0.4) is 0 Å². The second-order valence-electron chi connectivity index (χ2n) is 4.51. The van der Waals surface area contributed by atoms with Gasteiger partial charge in [-0.25, -0.2) is 0 Å². The van der Waals surface area contributed by atoms with Gasteiger partial charge in [-0.15, -0.1) is 0 Å². The summed E-state index contributed by atoms with van der Waals surface area (Å²) in [6.07, 6.45) is 3.23. The SMILES string of the molecule is CC.[B]C12CC(C(=C)C)CCC1(C)O2. The van der Waals surface area contributed by atoms with Gasteiger partial charge >= 0.3 is 0 Å². The lowest BCUT2D eigenvalue weighted by Gasteiger charge is -2.27. The Bertz CT molecular complexity index is 238. The van der Waals surface area contributed by atoms with E-state index in [1.165, 1.54) is 12.0 Å². The predicted octanol–water partition coefficient (Wildman–Crippen LogP) is 3.04. The van der Waals surface area contributed by atoms with E-state index in [0.717, 1.165) is 12.8 Å². The largest absolute Gasteiger partial charge is 0.374 e. The minimum Gasteiger partial charge on any atom is -0.374 e. The molecule has 3 atom stereocenters. The molecule has 2 rings (SSSR count). The van der Waals surface area contributed by atoms with Crippen molar-refractivity contribution in [1.29, 1.82) is 0 Å². The predicted molar refractivity (Wildman–Crippen MR) is 61.5 cm³/mol. The number of rotatable bonds is 1. The Morgan fingerprint density at radius 1 is 1.50 bits per heavy atom. The van der Waals surface area contributed by atoms with Gasteiger partial charge in [-0.3, -0.25) is 0 Å². The number of ether oxygens (including phenoxy) is 1. The third-order valence-corrected chi connectivity index (χ3v) is 3.48. The minimum atomic E-state index is -0.325. The number of epoxide rings is 1. The van der Waals surface area contributed by atoms with Crippen molar-refractivity contribution in [1.82, 2.24) is 0 Å². The fourth-order valence-corrected chi connectivity index (χ4v) is 2.24. The molecule has 0 aromatic carbocycles. The fourth-order valence-electron chi connectivity index (χ4n) is 2.24. The number of hydrogen-bond donors (Lipinski definition) is 0. The summed E-state index contributed by atoms with van der Waals surface area (Å²) in [6.45, 7) is 12.2. The Labute approximate surface area is 89.3 Å². The first kappa shape index (κ1) is 11.8. The zero-order valence-corrected chi connectivity index (χ0v) is 9.89. The molecule has 0 N–H and O–H groups in total. The van der Waals surface area contributed by atoms with Gasteiger partial charge in [-0.05, 0) is 39.0 Å². The third-order valence-electron chi connectivity index (χ3n) is 3.48. The van der Waals surface area contributed by atoms with E-state index in [1.807, 2.05) is 13.8 Å². The van der Waals surface area contributed by atoms with Gasteiger partial charge in [0.1, 0.15) is 7.85 Å². The summed E-state index contributed by atoms with van der Waals surface area (Å²) in [5.41, 5.74) is 0.908. The van der Waals surface area contributed by atoms with Crippen LogP contribution in [-0.4, -0.2) is 18.9 Å². The molecular formula is C12H21BO. The summed E-state index contributed by atoms with van der Waals surface area (Å²) >= 11 is 0. The standard InChI is InChI=1S/C10H15BO.C2H6/c1-7(2)8-4-5-9(3)10(11,6-8)12-9;1-2/h8H,1,4-6H2,2-3H3;1-2H3. The van der Waals surface area contributed by atoms with Crippen LogP contribution in [-0.2, 0) is 4.74 Å². The topological polar surface area (TPSA) is 12.5 Å². The molecule has 0 aromatic rings. The average molecular weight is 192 g/mol. The summed E-state index contributed by atoms with van der Waals surface area (Å²) in [6, 6.07) is 0. The van der Waals surface area contributed by atoms with Crippen LogP contribution in [0.1, 0.15) is 47.0 Å². The fraction of sp³-hybridized carbons (Fsp3) is 0.833. The van der Waals surface area contributed by atoms with Crippen molar-refractivity contribution in [2.24, 2.45) is 5.92 Å². The third kappa shape index (κ3) is 1.77. The van der Waals surface area contributed by atoms with Crippen LogP contribution in [0.2, 0.25) is 0 Å².